The van der Waals surface area contributed by atoms with Gasteiger partial charge in [0, 0.05) is 18.9 Å². The number of pyridine rings is 1. The van der Waals surface area contributed by atoms with Crippen molar-refractivity contribution in [1.29, 1.82) is 0 Å². The first-order valence-electron chi connectivity index (χ1n) is 6.01. The van der Waals surface area contributed by atoms with E-state index < -0.39 is 0 Å². The number of nitrogens with zero attached hydrogens (tertiary/aromatic N) is 1. The molecule has 1 rings (SSSR count). The number of amides is 1. The highest BCUT2D eigenvalue weighted by Gasteiger charge is 2.26. The number of nitrogens with one attached hydrogen (secondary N) is 1. The highest BCUT2D eigenvalue weighted by atomic mass is 16.1. The number of aromatic nitrogens is 1. The smallest absolute Gasteiger partial charge is 0.253 e. The van der Waals surface area contributed by atoms with Gasteiger partial charge in [-0.15, -0.1) is 0 Å². The number of aryl methyl sites for hydroxylation is 1. The van der Waals surface area contributed by atoms with Gasteiger partial charge in [-0.2, -0.15) is 0 Å². The zero-order chi connectivity index (χ0) is 12.9. The van der Waals surface area contributed by atoms with E-state index in [0.29, 0.717) is 12.1 Å². The van der Waals surface area contributed by atoms with Gasteiger partial charge in [-0.05, 0) is 31.4 Å². The van der Waals surface area contributed by atoms with Crippen molar-refractivity contribution in [3.63, 3.8) is 0 Å². The van der Waals surface area contributed by atoms with Gasteiger partial charge in [0.25, 0.3) is 5.91 Å². The van der Waals surface area contributed by atoms with E-state index in [1.807, 2.05) is 26.8 Å². The van der Waals surface area contributed by atoms with Gasteiger partial charge in [0.2, 0.25) is 0 Å². The Morgan fingerprint density at radius 2 is 2.06 bits per heavy atom. The molecule has 0 aromatic carbocycles. The summed E-state index contributed by atoms with van der Waals surface area (Å²) in [6.07, 6.45) is 4.96. The van der Waals surface area contributed by atoms with Crippen LogP contribution in [-0.4, -0.2) is 23.0 Å². The van der Waals surface area contributed by atoms with Gasteiger partial charge >= 0.3 is 0 Å². The molecule has 0 spiro atoms. The molecule has 1 aromatic heterocycles. The third-order valence-corrected chi connectivity index (χ3v) is 3.26. The standard InChI is InChI=1S/C13H21N3O/c1-4-13(5-2,9-14)16-12(17)11-6-10(3)7-15-8-11/h6-8H,4-5,9,14H2,1-3H3,(H,16,17). The summed E-state index contributed by atoms with van der Waals surface area (Å²) in [4.78, 5) is 16.1. The lowest BCUT2D eigenvalue weighted by Gasteiger charge is -2.31. The summed E-state index contributed by atoms with van der Waals surface area (Å²) in [7, 11) is 0. The topological polar surface area (TPSA) is 68.0 Å². The first kappa shape index (κ1) is 13.6. The quantitative estimate of drug-likeness (QED) is 0.815. The largest absolute Gasteiger partial charge is 0.345 e. The fourth-order valence-corrected chi connectivity index (χ4v) is 1.76. The lowest BCUT2D eigenvalue weighted by Crippen LogP contribution is -2.52. The first-order chi connectivity index (χ1) is 8.06. The molecular weight excluding hydrogens is 214 g/mol. The van der Waals surface area contributed by atoms with E-state index in [2.05, 4.69) is 10.3 Å². The molecule has 17 heavy (non-hydrogen) atoms. The van der Waals surface area contributed by atoms with Crippen molar-refractivity contribution < 1.29 is 4.79 Å². The summed E-state index contributed by atoms with van der Waals surface area (Å²) in [5.74, 6) is -0.102. The molecule has 0 atom stereocenters. The Bertz CT molecular complexity index is 378. The van der Waals surface area contributed by atoms with E-state index >= 15 is 0 Å². The summed E-state index contributed by atoms with van der Waals surface area (Å²) in [6.45, 7) is 6.43. The van der Waals surface area contributed by atoms with Crippen LogP contribution in [0.25, 0.3) is 0 Å². The molecule has 0 aliphatic heterocycles. The molecule has 0 saturated carbocycles. The van der Waals surface area contributed by atoms with E-state index in [4.69, 9.17) is 5.73 Å². The summed E-state index contributed by atoms with van der Waals surface area (Å²) < 4.78 is 0. The second-order valence-corrected chi connectivity index (χ2v) is 4.40. The van der Waals surface area contributed by atoms with Crippen LogP contribution in [0.2, 0.25) is 0 Å². The maximum atomic E-state index is 12.1. The molecule has 0 fully saturated rings. The Hall–Kier alpha value is -1.42. The Balaban J connectivity index is 2.84. The summed E-state index contributed by atoms with van der Waals surface area (Å²) >= 11 is 0. The highest BCUT2D eigenvalue weighted by Crippen LogP contribution is 2.14. The van der Waals surface area contributed by atoms with E-state index in [0.717, 1.165) is 18.4 Å². The van der Waals surface area contributed by atoms with Crippen LogP contribution in [0.1, 0.15) is 42.6 Å². The van der Waals surface area contributed by atoms with Crippen molar-refractivity contribution in [2.75, 3.05) is 6.54 Å². The van der Waals surface area contributed by atoms with Gasteiger partial charge in [0.1, 0.15) is 0 Å². The summed E-state index contributed by atoms with van der Waals surface area (Å²) in [6, 6.07) is 1.83. The molecule has 94 valence electrons. The van der Waals surface area contributed by atoms with E-state index in [1.165, 1.54) is 0 Å². The Labute approximate surface area is 103 Å². The maximum Gasteiger partial charge on any atom is 0.253 e. The first-order valence-corrected chi connectivity index (χ1v) is 6.01. The molecule has 4 heteroatoms. The third-order valence-electron chi connectivity index (χ3n) is 3.26. The number of carbonyl (C=O) groups excluding carboxylic acids is 1. The van der Waals surface area contributed by atoms with Crippen LogP contribution < -0.4 is 11.1 Å². The zero-order valence-corrected chi connectivity index (χ0v) is 10.8. The minimum Gasteiger partial charge on any atom is -0.345 e. The van der Waals surface area contributed by atoms with Crippen LogP contribution in [0.4, 0.5) is 0 Å². The van der Waals surface area contributed by atoms with Crippen LogP contribution >= 0.6 is 0 Å². The van der Waals surface area contributed by atoms with Gasteiger partial charge in [0.15, 0.2) is 0 Å². The maximum absolute atomic E-state index is 12.1. The molecule has 0 bridgehead atoms. The minimum absolute atomic E-state index is 0.102. The van der Waals surface area contributed by atoms with E-state index in [9.17, 15) is 4.79 Å². The number of nitrogens with two attached hydrogens (primary N) is 1. The minimum atomic E-state index is -0.305. The molecule has 1 aromatic rings. The van der Waals surface area contributed by atoms with Crippen molar-refractivity contribution in [2.24, 2.45) is 5.73 Å². The highest BCUT2D eigenvalue weighted by molar-refractivity contribution is 5.94. The molecule has 3 N–H and O–H groups in total. The Morgan fingerprint density at radius 1 is 1.41 bits per heavy atom. The average Bonchev–Trinajstić information content (AvgIpc) is 2.36. The number of rotatable bonds is 5. The normalized spacial score (nSPS) is 11.3. The van der Waals surface area contributed by atoms with Gasteiger partial charge < -0.3 is 11.1 Å². The number of hydrogen-bond donors (Lipinski definition) is 2. The molecule has 0 aliphatic rings. The second-order valence-electron chi connectivity index (χ2n) is 4.40. The molecule has 0 saturated heterocycles. The molecule has 1 amide bonds. The lowest BCUT2D eigenvalue weighted by atomic mass is 9.92. The van der Waals surface area contributed by atoms with Crippen molar-refractivity contribution in [3.05, 3.63) is 29.6 Å². The van der Waals surface area contributed by atoms with Crippen molar-refractivity contribution in [2.45, 2.75) is 39.2 Å². The third kappa shape index (κ3) is 3.27. The molecule has 4 nitrogen and oxygen atoms in total. The predicted molar refractivity (Wildman–Crippen MR) is 68.8 cm³/mol. The van der Waals surface area contributed by atoms with Crippen LogP contribution in [0, 0.1) is 6.92 Å². The zero-order valence-electron chi connectivity index (χ0n) is 10.8. The van der Waals surface area contributed by atoms with Gasteiger partial charge in [0.05, 0.1) is 11.1 Å². The van der Waals surface area contributed by atoms with Gasteiger partial charge in [-0.1, -0.05) is 13.8 Å². The van der Waals surface area contributed by atoms with Crippen LogP contribution in [-0.2, 0) is 0 Å². The van der Waals surface area contributed by atoms with Crippen LogP contribution in [0.3, 0.4) is 0 Å². The summed E-state index contributed by atoms with van der Waals surface area (Å²) in [5.41, 5.74) is 7.01. The number of carbonyl (C=O) groups is 1. The van der Waals surface area contributed by atoms with Gasteiger partial charge in [-0.3, -0.25) is 9.78 Å². The fourth-order valence-electron chi connectivity index (χ4n) is 1.76. The molecule has 0 aliphatic carbocycles. The molecule has 0 unspecified atom stereocenters. The fraction of sp³-hybridized carbons (Fsp3) is 0.538. The van der Waals surface area contributed by atoms with Crippen molar-refractivity contribution in [1.82, 2.24) is 10.3 Å². The van der Waals surface area contributed by atoms with E-state index in [1.54, 1.807) is 12.4 Å². The average molecular weight is 235 g/mol. The summed E-state index contributed by atoms with van der Waals surface area (Å²) in [5, 5.41) is 3.02. The van der Waals surface area contributed by atoms with Gasteiger partial charge in [-0.25, -0.2) is 0 Å². The van der Waals surface area contributed by atoms with Crippen molar-refractivity contribution >= 4 is 5.91 Å². The van der Waals surface area contributed by atoms with Crippen LogP contribution in [0.5, 0.6) is 0 Å². The van der Waals surface area contributed by atoms with Crippen molar-refractivity contribution in [3.8, 4) is 0 Å². The lowest BCUT2D eigenvalue weighted by molar-refractivity contribution is 0.0895. The van der Waals surface area contributed by atoms with E-state index in [-0.39, 0.29) is 11.4 Å². The SMILES string of the molecule is CCC(CC)(CN)NC(=O)c1cncc(C)c1. The molecule has 0 radical (unpaired) electrons. The number of hydrogen-bond acceptors (Lipinski definition) is 3. The second kappa shape index (κ2) is 5.77. The monoisotopic (exact) mass is 235 g/mol. The Morgan fingerprint density at radius 3 is 2.53 bits per heavy atom. The molecular formula is C13H21N3O. The van der Waals surface area contributed by atoms with Crippen LogP contribution in [0.15, 0.2) is 18.5 Å². The predicted octanol–water partition coefficient (Wildman–Crippen LogP) is 1.64. The molecule has 1 heterocycles. The Kier molecular flexibility index (Phi) is 4.63.